The molecule has 4 aromatic carbocycles. The standard InChI is InChI=1S/C35H28N2O6S/c1-3-41-25-13-14-27-29(19-25)44-35(36-27)37-31(21-8-7-11-26(18-21)43-24-9-5-4-6-10-24)30(33(39)34(37)40)32(38)22-12-15-28-23(17-22)16-20(2)42-28/h4-15,17-20,31,38H,3,16H2,1-2H3/b32-30-. The Morgan fingerprint density at radius 1 is 0.977 bits per heavy atom. The van der Waals surface area contributed by atoms with Gasteiger partial charge in [0.05, 0.1) is 28.4 Å². The molecule has 1 aromatic heterocycles. The summed E-state index contributed by atoms with van der Waals surface area (Å²) in [5.74, 6) is 0.784. The fraction of sp³-hybridized carbons (Fsp3) is 0.171. The summed E-state index contributed by atoms with van der Waals surface area (Å²) in [7, 11) is 0. The van der Waals surface area contributed by atoms with Crippen LogP contribution < -0.4 is 19.1 Å². The smallest absolute Gasteiger partial charge is 0.301 e. The Kier molecular flexibility index (Phi) is 7.02. The number of ketones is 1. The van der Waals surface area contributed by atoms with E-state index in [-0.39, 0.29) is 17.4 Å². The molecule has 1 amide bonds. The highest BCUT2D eigenvalue weighted by molar-refractivity contribution is 7.22. The van der Waals surface area contributed by atoms with Crippen molar-refractivity contribution in [3.05, 3.63) is 113 Å². The van der Waals surface area contributed by atoms with E-state index >= 15 is 0 Å². The quantitative estimate of drug-likeness (QED) is 0.117. The molecule has 44 heavy (non-hydrogen) atoms. The van der Waals surface area contributed by atoms with Gasteiger partial charge in [-0.3, -0.25) is 14.5 Å². The monoisotopic (exact) mass is 604 g/mol. The third-order valence-electron chi connectivity index (χ3n) is 7.63. The van der Waals surface area contributed by atoms with Crippen LogP contribution in [0.15, 0.2) is 96.6 Å². The van der Waals surface area contributed by atoms with Crippen molar-refractivity contribution in [3.63, 3.8) is 0 Å². The van der Waals surface area contributed by atoms with Crippen molar-refractivity contribution >= 4 is 44.1 Å². The van der Waals surface area contributed by atoms with Crippen molar-refractivity contribution in [2.45, 2.75) is 32.4 Å². The van der Waals surface area contributed by atoms with Gasteiger partial charge >= 0.3 is 5.91 Å². The summed E-state index contributed by atoms with van der Waals surface area (Å²) in [4.78, 5) is 33.7. The third kappa shape index (κ3) is 4.95. The van der Waals surface area contributed by atoms with Gasteiger partial charge in [0.1, 0.15) is 34.9 Å². The Morgan fingerprint density at radius 2 is 1.80 bits per heavy atom. The van der Waals surface area contributed by atoms with Crippen LogP contribution in [0.1, 0.15) is 36.6 Å². The minimum atomic E-state index is -0.954. The van der Waals surface area contributed by atoms with Crippen molar-refractivity contribution < 1.29 is 28.9 Å². The first-order chi connectivity index (χ1) is 21.4. The topological polar surface area (TPSA) is 98.2 Å². The molecule has 1 N–H and O–H groups in total. The summed E-state index contributed by atoms with van der Waals surface area (Å²) in [6.07, 6.45) is 0.699. The number of amides is 1. The number of fused-ring (bicyclic) bond motifs is 2. The lowest BCUT2D eigenvalue weighted by molar-refractivity contribution is -0.132. The lowest BCUT2D eigenvalue weighted by atomic mass is 9.94. The molecule has 0 radical (unpaired) electrons. The molecule has 2 unspecified atom stereocenters. The highest BCUT2D eigenvalue weighted by atomic mass is 32.1. The largest absolute Gasteiger partial charge is 0.507 e. The molecule has 2 aliphatic rings. The molecular weight excluding hydrogens is 576 g/mol. The number of carbonyl (C=O) groups excluding carboxylic acids is 2. The van der Waals surface area contributed by atoms with Gasteiger partial charge in [-0.05, 0) is 85.6 Å². The van der Waals surface area contributed by atoms with Crippen molar-refractivity contribution in [2.24, 2.45) is 0 Å². The number of thiazole rings is 1. The summed E-state index contributed by atoms with van der Waals surface area (Å²) in [5, 5.41) is 12.1. The molecule has 7 rings (SSSR count). The molecule has 0 aliphatic carbocycles. The second kappa shape index (κ2) is 11.2. The maximum atomic E-state index is 13.8. The number of aliphatic hydroxyl groups excluding tert-OH is 1. The van der Waals surface area contributed by atoms with Gasteiger partial charge in [-0.15, -0.1) is 0 Å². The molecule has 0 spiro atoms. The Bertz CT molecular complexity index is 1950. The Hall–Kier alpha value is -5.15. The summed E-state index contributed by atoms with van der Waals surface area (Å²) in [6, 6.07) is 26.4. The molecule has 9 heteroatoms. The van der Waals surface area contributed by atoms with Gasteiger partial charge in [0.15, 0.2) is 5.13 Å². The number of nitrogens with zero attached hydrogens (tertiary/aromatic N) is 2. The van der Waals surface area contributed by atoms with Crippen LogP contribution in [0.2, 0.25) is 0 Å². The van der Waals surface area contributed by atoms with Crippen LogP contribution in [0.4, 0.5) is 5.13 Å². The van der Waals surface area contributed by atoms with Gasteiger partial charge in [-0.1, -0.05) is 41.7 Å². The molecule has 0 bridgehead atoms. The number of benzene rings is 4. The zero-order valence-electron chi connectivity index (χ0n) is 24.0. The SMILES string of the molecule is CCOc1ccc2nc(N3C(=O)C(=O)/C(=C(\O)c4ccc5c(c4)CC(C)O5)C3c3cccc(Oc4ccccc4)c3)sc2c1. The van der Waals surface area contributed by atoms with Gasteiger partial charge in [0.2, 0.25) is 0 Å². The summed E-state index contributed by atoms with van der Waals surface area (Å²) in [5.41, 5.74) is 2.61. The number of aliphatic hydroxyl groups is 1. The van der Waals surface area contributed by atoms with Crippen molar-refractivity contribution in [1.29, 1.82) is 0 Å². The first-order valence-electron chi connectivity index (χ1n) is 14.4. The zero-order chi connectivity index (χ0) is 30.4. The fourth-order valence-corrected chi connectivity index (χ4v) is 6.72. The van der Waals surface area contributed by atoms with Crippen LogP contribution >= 0.6 is 11.3 Å². The van der Waals surface area contributed by atoms with Gasteiger partial charge in [0, 0.05) is 12.0 Å². The van der Waals surface area contributed by atoms with Gasteiger partial charge in [-0.2, -0.15) is 0 Å². The van der Waals surface area contributed by atoms with E-state index in [1.165, 1.54) is 16.2 Å². The average Bonchev–Trinajstić information content (AvgIpc) is 3.69. The highest BCUT2D eigenvalue weighted by Crippen LogP contribution is 2.46. The van der Waals surface area contributed by atoms with Crippen molar-refractivity contribution in [3.8, 4) is 23.0 Å². The molecule has 8 nitrogen and oxygen atoms in total. The van der Waals surface area contributed by atoms with Gasteiger partial charge in [-0.25, -0.2) is 4.98 Å². The van der Waals surface area contributed by atoms with E-state index in [9.17, 15) is 14.7 Å². The number of anilines is 1. The number of carbonyl (C=O) groups is 2. The van der Waals surface area contributed by atoms with E-state index in [2.05, 4.69) is 0 Å². The fourth-order valence-electron chi connectivity index (χ4n) is 5.70. The third-order valence-corrected chi connectivity index (χ3v) is 8.65. The van der Waals surface area contributed by atoms with Crippen molar-refractivity contribution in [2.75, 3.05) is 11.5 Å². The van der Waals surface area contributed by atoms with Gasteiger partial charge in [0.25, 0.3) is 5.78 Å². The van der Waals surface area contributed by atoms with E-state index in [1.807, 2.05) is 74.5 Å². The van der Waals surface area contributed by atoms with E-state index in [1.54, 1.807) is 30.3 Å². The first kappa shape index (κ1) is 27.7. The maximum Gasteiger partial charge on any atom is 0.301 e. The van der Waals surface area contributed by atoms with E-state index < -0.39 is 17.7 Å². The van der Waals surface area contributed by atoms with Crippen molar-refractivity contribution in [1.82, 2.24) is 4.98 Å². The number of aromatic nitrogens is 1. The van der Waals surface area contributed by atoms with E-state index in [0.717, 1.165) is 16.0 Å². The molecule has 1 fully saturated rings. The normalized spacial score (nSPS) is 18.8. The average molecular weight is 605 g/mol. The number of ether oxygens (including phenoxy) is 3. The number of hydrogen-bond acceptors (Lipinski definition) is 8. The number of Topliss-reactive ketones (excluding diaryl/α,β-unsaturated/α-hetero) is 1. The zero-order valence-corrected chi connectivity index (χ0v) is 24.8. The van der Waals surface area contributed by atoms with Gasteiger partial charge < -0.3 is 19.3 Å². The second-order valence-corrected chi connectivity index (χ2v) is 11.7. The second-order valence-electron chi connectivity index (χ2n) is 10.7. The summed E-state index contributed by atoms with van der Waals surface area (Å²) < 4.78 is 18.4. The molecule has 220 valence electrons. The molecule has 2 aliphatic heterocycles. The molecule has 2 atom stereocenters. The Labute approximate surface area is 257 Å². The van der Waals surface area contributed by atoms with Crippen LogP contribution in [0.3, 0.4) is 0 Å². The minimum Gasteiger partial charge on any atom is -0.507 e. The van der Waals surface area contributed by atoms with E-state index in [0.29, 0.717) is 52.1 Å². The van der Waals surface area contributed by atoms with Crippen LogP contribution in [-0.2, 0) is 16.0 Å². The Morgan fingerprint density at radius 3 is 2.61 bits per heavy atom. The molecule has 1 saturated heterocycles. The lowest BCUT2D eigenvalue weighted by Gasteiger charge is -2.23. The summed E-state index contributed by atoms with van der Waals surface area (Å²) in [6.45, 7) is 4.40. The first-order valence-corrected chi connectivity index (χ1v) is 15.2. The number of rotatable bonds is 7. The van der Waals surface area contributed by atoms with Crippen LogP contribution in [-0.4, -0.2) is 34.5 Å². The molecule has 3 heterocycles. The predicted molar refractivity (Wildman–Crippen MR) is 169 cm³/mol. The van der Waals surface area contributed by atoms with Crippen LogP contribution in [0.25, 0.3) is 16.0 Å². The Balaban J connectivity index is 1.37. The summed E-state index contributed by atoms with van der Waals surface area (Å²) >= 11 is 1.28. The lowest BCUT2D eigenvalue weighted by Crippen LogP contribution is -2.29. The van der Waals surface area contributed by atoms with E-state index in [4.69, 9.17) is 19.2 Å². The number of hydrogen-bond donors (Lipinski definition) is 1. The minimum absolute atomic E-state index is 0.0163. The number of para-hydroxylation sites is 1. The van der Waals surface area contributed by atoms with Crippen LogP contribution in [0, 0.1) is 0 Å². The molecule has 0 saturated carbocycles. The van der Waals surface area contributed by atoms with Crippen LogP contribution in [0.5, 0.6) is 23.0 Å². The predicted octanol–water partition coefficient (Wildman–Crippen LogP) is 7.44. The highest BCUT2D eigenvalue weighted by Gasteiger charge is 2.48. The molecular formula is C35H28N2O6S. The molecule has 5 aromatic rings. The maximum absolute atomic E-state index is 13.8.